The van der Waals surface area contributed by atoms with Crippen LogP contribution in [-0.2, 0) is 12.8 Å². The molecular weight excluding hydrogens is 295 g/mol. The van der Waals surface area contributed by atoms with Crippen LogP contribution in [-0.4, -0.2) is 10.1 Å². The lowest BCUT2D eigenvalue weighted by atomic mass is 10.2. The number of alkyl halides is 3. The van der Waals surface area contributed by atoms with Crippen LogP contribution >= 0.6 is 11.6 Å². The van der Waals surface area contributed by atoms with Gasteiger partial charge in [-0.25, -0.2) is 4.98 Å². The number of ether oxygens (including phenoxy) is 1. The van der Waals surface area contributed by atoms with Gasteiger partial charge in [0.1, 0.15) is 17.2 Å². The van der Waals surface area contributed by atoms with E-state index in [9.17, 15) is 13.2 Å². The third-order valence-corrected chi connectivity index (χ3v) is 2.81. The van der Waals surface area contributed by atoms with Gasteiger partial charge < -0.3 is 9.84 Å². The van der Waals surface area contributed by atoms with Crippen molar-refractivity contribution >= 4 is 11.6 Å². The number of pyridine rings is 1. The van der Waals surface area contributed by atoms with Crippen LogP contribution < -0.4 is 4.74 Å². The van der Waals surface area contributed by atoms with Crippen molar-refractivity contribution in [2.45, 2.75) is 12.8 Å². The quantitative estimate of drug-likeness (QED) is 0.930. The first kappa shape index (κ1) is 14.6. The van der Waals surface area contributed by atoms with Gasteiger partial charge in [0.25, 0.3) is 0 Å². The predicted octanol–water partition coefficient (Wildman–Crippen LogP) is 4.04. The monoisotopic (exact) mass is 303 g/mol. The Morgan fingerprint density at radius 1 is 1.15 bits per heavy atom. The van der Waals surface area contributed by atoms with Crippen LogP contribution in [0.4, 0.5) is 13.2 Å². The summed E-state index contributed by atoms with van der Waals surface area (Å²) in [6, 6.07) is 6.58. The fraction of sp³-hybridized carbons (Fsp3) is 0.154. The minimum Gasteiger partial charge on any atom is -0.456 e. The lowest BCUT2D eigenvalue weighted by Gasteiger charge is -2.09. The first-order valence-corrected chi connectivity index (χ1v) is 5.88. The van der Waals surface area contributed by atoms with Crippen molar-refractivity contribution in [3.8, 4) is 11.5 Å². The summed E-state index contributed by atoms with van der Waals surface area (Å²) in [5, 5.41) is 9.27. The Bertz CT molecular complexity index is 600. The molecule has 0 unspecified atom stereocenters. The molecule has 0 aliphatic rings. The molecule has 106 valence electrons. The van der Waals surface area contributed by atoms with Crippen molar-refractivity contribution in [2.75, 3.05) is 0 Å². The summed E-state index contributed by atoms with van der Waals surface area (Å²) < 4.78 is 42.3. The molecule has 20 heavy (non-hydrogen) atoms. The van der Waals surface area contributed by atoms with Gasteiger partial charge in [-0.1, -0.05) is 17.7 Å². The Hall–Kier alpha value is -1.79. The number of benzene rings is 1. The van der Waals surface area contributed by atoms with Crippen molar-refractivity contribution in [1.82, 2.24) is 4.98 Å². The van der Waals surface area contributed by atoms with E-state index in [-0.39, 0.29) is 12.4 Å². The second kappa shape index (κ2) is 5.68. The minimum absolute atomic E-state index is 0.158. The highest BCUT2D eigenvalue weighted by molar-refractivity contribution is 6.31. The fourth-order valence-electron chi connectivity index (χ4n) is 1.46. The third-order valence-electron chi connectivity index (χ3n) is 2.46. The summed E-state index contributed by atoms with van der Waals surface area (Å²) in [6.45, 7) is -0.207. The van der Waals surface area contributed by atoms with Crippen LogP contribution in [0.3, 0.4) is 0 Å². The second-order valence-electron chi connectivity index (χ2n) is 3.89. The molecule has 1 aromatic heterocycles. The number of aromatic nitrogens is 1. The smallest absolute Gasteiger partial charge is 0.433 e. The summed E-state index contributed by atoms with van der Waals surface area (Å²) in [7, 11) is 0. The average molecular weight is 304 g/mol. The van der Waals surface area contributed by atoms with Crippen LogP contribution in [0.1, 0.15) is 11.3 Å². The molecule has 0 spiro atoms. The summed E-state index contributed by atoms with van der Waals surface area (Å²) >= 11 is 5.88. The van der Waals surface area contributed by atoms with Gasteiger partial charge in [0.05, 0.1) is 12.8 Å². The SMILES string of the molecule is OCc1ccc(Oc2ccc(C(F)(F)F)nc2)cc1Cl. The lowest BCUT2D eigenvalue weighted by molar-refractivity contribution is -0.141. The maximum Gasteiger partial charge on any atom is 0.433 e. The third kappa shape index (κ3) is 3.40. The van der Waals surface area contributed by atoms with E-state index in [0.717, 1.165) is 12.3 Å². The number of hydrogen-bond donors (Lipinski definition) is 1. The van der Waals surface area contributed by atoms with Gasteiger partial charge in [0.2, 0.25) is 0 Å². The molecule has 7 heteroatoms. The number of halogens is 4. The lowest BCUT2D eigenvalue weighted by Crippen LogP contribution is -2.07. The molecule has 0 saturated carbocycles. The number of hydrogen-bond acceptors (Lipinski definition) is 3. The number of rotatable bonds is 3. The Morgan fingerprint density at radius 3 is 2.35 bits per heavy atom. The molecular formula is C13H9ClF3NO2. The molecule has 2 rings (SSSR count). The fourth-order valence-corrected chi connectivity index (χ4v) is 1.69. The van der Waals surface area contributed by atoms with Crippen LogP contribution in [0.25, 0.3) is 0 Å². The average Bonchev–Trinajstić information content (AvgIpc) is 2.38. The van der Waals surface area contributed by atoms with Crippen LogP contribution in [0, 0.1) is 0 Å². The van der Waals surface area contributed by atoms with Gasteiger partial charge in [-0.3, -0.25) is 0 Å². The zero-order valence-corrected chi connectivity index (χ0v) is 10.7. The van der Waals surface area contributed by atoms with Crippen molar-refractivity contribution < 1.29 is 23.0 Å². The standard InChI is InChI=1S/C13H9ClF3NO2/c14-11-5-9(2-1-8(11)7-19)20-10-3-4-12(18-6-10)13(15,16)17/h1-6,19H,7H2. The highest BCUT2D eigenvalue weighted by Gasteiger charge is 2.32. The molecule has 1 heterocycles. The van der Waals surface area contributed by atoms with E-state index in [0.29, 0.717) is 16.3 Å². The molecule has 0 fully saturated rings. The molecule has 1 aromatic carbocycles. The van der Waals surface area contributed by atoms with E-state index in [1.807, 2.05) is 0 Å². The van der Waals surface area contributed by atoms with E-state index in [1.165, 1.54) is 12.1 Å². The molecule has 0 aliphatic heterocycles. The topological polar surface area (TPSA) is 42.4 Å². The Kier molecular flexibility index (Phi) is 4.15. The molecule has 0 saturated heterocycles. The summed E-state index contributed by atoms with van der Waals surface area (Å²) in [4.78, 5) is 3.28. The first-order valence-electron chi connectivity index (χ1n) is 5.50. The van der Waals surface area contributed by atoms with E-state index in [2.05, 4.69) is 4.98 Å². The van der Waals surface area contributed by atoms with Gasteiger partial charge in [0.15, 0.2) is 0 Å². The largest absolute Gasteiger partial charge is 0.456 e. The van der Waals surface area contributed by atoms with Crippen LogP contribution in [0.2, 0.25) is 5.02 Å². The van der Waals surface area contributed by atoms with Gasteiger partial charge in [-0.05, 0) is 29.8 Å². The number of aliphatic hydroxyl groups excluding tert-OH is 1. The molecule has 2 aromatic rings. The highest BCUT2D eigenvalue weighted by atomic mass is 35.5. The van der Waals surface area contributed by atoms with Crippen molar-refractivity contribution in [3.05, 3.63) is 52.8 Å². The van der Waals surface area contributed by atoms with Gasteiger partial charge in [0, 0.05) is 5.02 Å². The molecule has 0 aliphatic carbocycles. The molecule has 1 N–H and O–H groups in total. The summed E-state index contributed by atoms with van der Waals surface area (Å²) in [5.41, 5.74) is -0.455. The van der Waals surface area contributed by atoms with Gasteiger partial charge in [-0.15, -0.1) is 0 Å². The second-order valence-corrected chi connectivity index (χ2v) is 4.30. The Balaban J connectivity index is 2.16. The maximum absolute atomic E-state index is 12.3. The molecule has 0 amide bonds. The van der Waals surface area contributed by atoms with E-state index in [4.69, 9.17) is 21.4 Å². The summed E-state index contributed by atoms with van der Waals surface area (Å²) in [5.74, 6) is 0.500. The van der Waals surface area contributed by atoms with E-state index >= 15 is 0 Å². The van der Waals surface area contributed by atoms with E-state index in [1.54, 1.807) is 12.1 Å². The Morgan fingerprint density at radius 2 is 1.85 bits per heavy atom. The van der Waals surface area contributed by atoms with Crippen molar-refractivity contribution in [2.24, 2.45) is 0 Å². The molecule has 0 bridgehead atoms. The zero-order valence-electron chi connectivity index (χ0n) is 9.99. The zero-order chi connectivity index (χ0) is 14.8. The molecule has 3 nitrogen and oxygen atoms in total. The molecule has 0 radical (unpaired) electrons. The van der Waals surface area contributed by atoms with Crippen molar-refractivity contribution in [3.63, 3.8) is 0 Å². The summed E-state index contributed by atoms with van der Waals surface area (Å²) in [6.07, 6.45) is -3.50. The predicted molar refractivity (Wildman–Crippen MR) is 66.7 cm³/mol. The minimum atomic E-state index is -4.48. The maximum atomic E-state index is 12.3. The van der Waals surface area contributed by atoms with Gasteiger partial charge in [-0.2, -0.15) is 13.2 Å². The van der Waals surface area contributed by atoms with Crippen LogP contribution in [0.5, 0.6) is 11.5 Å². The number of nitrogens with zero attached hydrogens (tertiary/aromatic N) is 1. The van der Waals surface area contributed by atoms with Crippen molar-refractivity contribution in [1.29, 1.82) is 0 Å². The van der Waals surface area contributed by atoms with E-state index < -0.39 is 11.9 Å². The first-order chi connectivity index (χ1) is 9.40. The van der Waals surface area contributed by atoms with Gasteiger partial charge >= 0.3 is 6.18 Å². The highest BCUT2D eigenvalue weighted by Crippen LogP contribution is 2.30. The normalized spacial score (nSPS) is 11.4. The number of aliphatic hydroxyl groups is 1. The Labute approximate surface area is 117 Å². The van der Waals surface area contributed by atoms with Crippen LogP contribution in [0.15, 0.2) is 36.5 Å². The molecule has 0 atom stereocenters.